The van der Waals surface area contributed by atoms with Gasteiger partial charge in [-0.1, -0.05) is 6.92 Å². The second-order valence-corrected chi connectivity index (χ2v) is 9.86. The summed E-state index contributed by atoms with van der Waals surface area (Å²) in [5.41, 5.74) is 16.8. The largest absolute Gasteiger partial charge is 0.481 e. The van der Waals surface area contributed by atoms with Gasteiger partial charge in [-0.2, -0.15) is 0 Å². The van der Waals surface area contributed by atoms with Crippen molar-refractivity contribution in [3.05, 3.63) is 82.9 Å². The molecule has 0 saturated heterocycles. The van der Waals surface area contributed by atoms with Crippen LogP contribution in [0.1, 0.15) is 59.7 Å². The lowest BCUT2D eigenvalue weighted by Crippen LogP contribution is -2.40. The number of carbonyl (C=O) groups excluding carboxylic acids is 1. The molecular weight excluding hydrogens is 498 g/mol. The minimum Gasteiger partial charge on any atom is -0.481 e. The summed E-state index contributed by atoms with van der Waals surface area (Å²) < 4.78 is 12.4. The number of ether oxygens (including phenoxy) is 2. The number of aliphatic carboxylic acids is 1. The lowest BCUT2D eigenvalue weighted by molar-refractivity contribution is -0.145. The smallest absolute Gasteiger partial charge is 0.314 e. The van der Waals surface area contributed by atoms with Crippen molar-refractivity contribution in [3.8, 4) is 23.0 Å². The maximum atomic E-state index is 13.0. The fraction of sp³-hybridized carbons (Fsp3) is 0.241. The molecule has 0 spiro atoms. The summed E-state index contributed by atoms with van der Waals surface area (Å²) in [6, 6.07) is 15.7. The van der Waals surface area contributed by atoms with Gasteiger partial charge in [0.25, 0.3) is 0 Å². The van der Waals surface area contributed by atoms with Gasteiger partial charge in [-0.3, -0.25) is 20.4 Å². The third-order valence-corrected chi connectivity index (χ3v) is 7.15. The van der Waals surface area contributed by atoms with Crippen molar-refractivity contribution in [2.45, 2.75) is 38.0 Å². The maximum Gasteiger partial charge on any atom is 0.314 e. The number of nitrogens with one attached hydrogen (secondary N) is 2. The second-order valence-electron chi connectivity index (χ2n) is 9.86. The van der Waals surface area contributed by atoms with Crippen LogP contribution in [0.25, 0.3) is 0 Å². The summed E-state index contributed by atoms with van der Waals surface area (Å²) in [5.74, 6) is -0.644. The van der Waals surface area contributed by atoms with Crippen LogP contribution < -0.4 is 26.7 Å². The van der Waals surface area contributed by atoms with E-state index < -0.39 is 17.3 Å². The fourth-order valence-electron chi connectivity index (χ4n) is 4.85. The molecule has 0 bridgehead atoms. The fourth-order valence-corrected chi connectivity index (χ4v) is 4.85. The highest BCUT2D eigenvalue weighted by Gasteiger charge is 2.47. The molecule has 0 heterocycles. The highest BCUT2D eigenvalue weighted by atomic mass is 16.5. The molecule has 3 aromatic carbocycles. The van der Waals surface area contributed by atoms with Crippen LogP contribution in [-0.2, 0) is 10.2 Å². The Morgan fingerprint density at radius 2 is 1.21 bits per heavy atom. The Kier molecular flexibility index (Phi) is 7.57. The summed E-state index contributed by atoms with van der Waals surface area (Å²) in [5, 5.41) is 25.8. The molecule has 1 amide bonds. The number of carboxylic acid groups (broad SMARTS) is 1. The third kappa shape index (κ3) is 5.69. The van der Waals surface area contributed by atoms with E-state index in [-0.39, 0.29) is 28.7 Å². The first-order valence-electron chi connectivity index (χ1n) is 12.5. The Bertz CT molecular complexity index is 1340. The first-order valence-corrected chi connectivity index (χ1v) is 12.5. The summed E-state index contributed by atoms with van der Waals surface area (Å²) in [4.78, 5) is 25.3. The molecule has 0 unspecified atom stereocenters. The Morgan fingerprint density at radius 3 is 1.54 bits per heavy atom. The number of nitrogens with two attached hydrogens (primary N) is 3. The van der Waals surface area contributed by atoms with Gasteiger partial charge in [0.2, 0.25) is 5.91 Å². The highest BCUT2D eigenvalue weighted by Crippen LogP contribution is 2.51. The zero-order chi connectivity index (χ0) is 28.3. The Labute approximate surface area is 225 Å². The molecular formula is C29H31N5O5. The molecule has 9 N–H and O–H groups in total. The predicted octanol–water partition coefficient (Wildman–Crippen LogP) is 4.47. The number of carbonyl (C=O) groups is 2. The molecule has 202 valence electrons. The molecule has 0 aromatic heterocycles. The average Bonchev–Trinajstić information content (AvgIpc) is 2.90. The Morgan fingerprint density at radius 1 is 0.795 bits per heavy atom. The molecule has 4 rings (SSSR count). The molecule has 0 radical (unpaired) electrons. The van der Waals surface area contributed by atoms with E-state index in [0.29, 0.717) is 59.8 Å². The molecule has 1 aliphatic carbocycles. The number of benzene rings is 3. The van der Waals surface area contributed by atoms with Crippen LogP contribution in [0, 0.1) is 16.7 Å². The number of hydrogen-bond donors (Lipinski definition) is 6. The second kappa shape index (κ2) is 10.9. The first-order chi connectivity index (χ1) is 18.5. The van der Waals surface area contributed by atoms with Crippen LogP contribution in [0.4, 0.5) is 0 Å². The van der Waals surface area contributed by atoms with Crippen molar-refractivity contribution in [2.24, 2.45) is 23.1 Å². The molecule has 0 atom stereocenters. The molecule has 39 heavy (non-hydrogen) atoms. The van der Waals surface area contributed by atoms with E-state index in [4.69, 9.17) is 37.5 Å². The van der Waals surface area contributed by atoms with Crippen molar-refractivity contribution >= 4 is 23.5 Å². The number of amides is 1. The predicted molar refractivity (Wildman–Crippen MR) is 147 cm³/mol. The van der Waals surface area contributed by atoms with Gasteiger partial charge in [0, 0.05) is 16.7 Å². The molecule has 1 fully saturated rings. The van der Waals surface area contributed by atoms with Crippen molar-refractivity contribution in [2.75, 3.05) is 0 Å². The van der Waals surface area contributed by atoms with Gasteiger partial charge in [0.05, 0.1) is 5.56 Å². The van der Waals surface area contributed by atoms with Crippen LogP contribution in [0.2, 0.25) is 0 Å². The number of carboxylic acids is 1. The van der Waals surface area contributed by atoms with E-state index in [0.717, 1.165) is 0 Å². The van der Waals surface area contributed by atoms with Crippen molar-refractivity contribution in [1.29, 1.82) is 10.8 Å². The van der Waals surface area contributed by atoms with Gasteiger partial charge in [-0.05, 0) is 92.3 Å². The van der Waals surface area contributed by atoms with Gasteiger partial charge in [-0.15, -0.1) is 0 Å². The van der Waals surface area contributed by atoms with Crippen LogP contribution in [0.5, 0.6) is 23.0 Å². The maximum absolute atomic E-state index is 13.0. The summed E-state index contributed by atoms with van der Waals surface area (Å²) in [6.45, 7) is 2.09. The molecule has 0 aliphatic heterocycles. The van der Waals surface area contributed by atoms with Gasteiger partial charge in [0.15, 0.2) is 0 Å². The van der Waals surface area contributed by atoms with Crippen LogP contribution >= 0.6 is 0 Å². The van der Waals surface area contributed by atoms with E-state index in [1.807, 2.05) is 0 Å². The van der Waals surface area contributed by atoms with Gasteiger partial charge >= 0.3 is 5.97 Å². The molecule has 10 nitrogen and oxygen atoms in total. The van der Waals surface area contributed by atoms with Gasteiger partial charge in [-0.25, -0.2) is 0 Å². The lowest BCUT2D eigenvalue weighted by atomic mass is 9.66. The standard InChI is InChI=1S/C29H31N5O5/c1-16-10-12-29(13-11-16,28(36)37)24-22(38-20-6-2-17(3-7-20)25(30)31)14-19(27(34)35)15-23(24)39-21-8-4-18(5-9-21)26(32)33/h2-9,14-16H,10-13H2,1H3,(H3,30,31)(H3,32,33)(H2,34,35)(H,36,37). The Hall–Kier alpha value is -4.86. The zero-order valence-electron chi connectivity index (χ0n) is 21.5. The molecule has 3 aromatic rings. The highest BCUT2D eigenvalue weighted by molar-refractivity contribution is 5.96. The molecule has 10 heteroatoms. The molecule has 1 aliphatic rings. The van der Waals surface area contributed by atoms with E-state index in [1.54, 1.807) is 48.5 Å². The van der Waals surface area contributed by atoms with Crippen LogP contribution in [0.3, 0.4) is 0 Å². The summed E-state index contributed by atoms with van der Waals surface area (Å²) in [6.07, 6.45) is 2.06. The van der Waals surface area contributed by atoms with Crippen LogP contribution in [0.15, 0.2) is 60.7 Å². The van der Waals surface area contributed by atoms with E-state index in [2.05, 4.69) is 6.92 Å². The third-order valence-electron chi connectivity index (χ3n) is 7.15. The SMILES string of the molecule is CC1CCC(C(=O)O)(c2c(Oc3ccc(C(=N)N)cc3)cc(C(N)=O)cc2Oc2ccc(C(=N)N)cc2)CC1. The van der Waals surface area contributed by atoms with Crippen LogP contribution in [-0.4, -0.2) is 28.7 Å². The van der Waals surface area contributed by atoms with Gasteiger partial charge < -0.3 is 31.8 Å². The lowest BCUT2D eigenvalue weighted by Gasteiger charge is -2.38. The number of amidine groups is 2. The number of nitrogen functional groups attached to an aromatic ring is 2. The summed E-state index contributed by atoms with van der Waals surface area (Å²) in [7, 11) is 0. The quantitative estimate of drug-likeness (QED) is 0.173. The zero-order valence-corrected chi connectivity index (χ0v) is 21.5. The van der Waals surface area contributed by atoms with E-state index >= 15 is 0 Å². The molecule has 1 saturated carbocycles. The number of primary amides is 1. The number of hydrogen-bond acceptors (Lipinski definition) is 6. The minimum absolute atomic E-state index is 0.0779. The van der Waals surface area contributed by atoms with Crippen molar-refractivity contribution < 1.29 is 24.2 Å². The summed E-state index contributed by atoms with van der Waals surface area (Å²) >= 11 is 0. The Balaban J connectivity index is 1.91. The topological polar surface area (TPSA) is 199 Å². The van der Waals surface area contributed by atoms with Crippen molar-refractivity contribution in [3.63, 3.8) is 0 Å². The van der Waals surface area contributed by atoms with Crippen molar-refractivity contribution in [1.82, 2.24) is 0 Å². The first kappa shape index (κ1) is 27.2. The van der Waals surface area contributed by atoms with Gasteiger partial charge in [0.1, 0.15) is 40.1 Å². The normalized spacial score (nSPS) is 18.6. The van der Waals surface area contributed by atoms with E-state index in [1.165, 1.54) is 12.1 Å². The van der Waals surface area contributed by atoms with E-state index in [9.17, 15) is 14.7 Å². The minimum atomic E-state index is -1.34. The monoisotopic (exact) mass is 529 g/mol. The average molecular weight is 530 g/mol. The number of rotatable bonds is 9.